The van der Waals surface area contributed by atoms with Crippen molar-refractivity contribution < 1.29 is 4.79 Å². The number of nitrogens with zero attached hydrogens (tertiary/aromatic N) is 5. The SMILES string of the molecule is Cc1cccc(N2CCN(C(=O)c3cn4ncsc4n3)CC2)c1. The molecule has 0 spiro atoms. The van der Waals surface area contributed by atoms with Crippen LogP contribution in [0.3, 0.4) is 0 Å². The highest BCUT2D eigenvalue weighted by Gasteiger charge is 2.24. The number of carbonyl (C=O) groups excluding carboxylic acids is 1. The molecule has 6 nitrogen and oxygen atoms in total. The zero-order valence-electron chi connectivity index (χ0n) is 12.8. The van der Waals surface area contributed by atoms with Crippen molar-refractivity contribution in [3.05, 3.63) is 47.2 Å². The maximum atomic E-state index is 12.6. The molecule has 1 fully saturated rings. The quantitative estimate of drug-likeness (QED) is 0.723. The molecule has 1 aliphatic rings. The van der Waals surface area contributed by atoms with Crippen LogP contribution in [0.1, 0.15) is 16.1 Å². The highest BCUT2D eigenvalue weighted by Crippen LogP contribution is 2.19. The third-order valence-corrected chi connectivity index (χ3v) is 4.83. The van der Waals surface area contributed by atoms with Crippen molar-refractivity contribution in [1.29, 1.82) is 0 Å². The summed E-state index contributed by atoms with van der Waals surface area (Å²) >= 11 is 1.43. The van der Waals surface area contributed by atoms with E-state index < -0.39 is 0 Å². The van der Waals surface area contributed by atoms with E-state index in [0.29, 0.717) is 18.8 Å². The molecule has 0 N–H and O–H groups in total. The molecule has 0 bridgehead atoms. The molecule has 1 aromatic carbocycles. The Bertz CT molecular complexity index is 818. The van der Waals surface area contributed by atoms with Crippen LogP contribution in [0, 0.1) is 6.92 Å². The Balaban J connectivity index is 1.44. The van der Waals surface area contributed by atoms with Gasteiger partial charge in [-0.05, 0) is 24.6 Å². The van der Waals surface area contributed by atoms with Crippen LogP contribution in [0.2, 0.25) is 0 Å². The lowest BCUT2D eigenvalue weighted by atomic mass is 10.2. The van der Waals surface area contributed by atoms with Gasteiger partial charge in [-0.25, -0.2) is 9.50 Å². The Morgan fingerprint density at radius 3 is 2.78 bits per heavy atom. The summed E-state index contributed by atoms with van der Waals surface area (Å²) in [6.07, 6.45) is 1.71. The molecule has 3 heterocycles. The number of rotatable bonds is 2. The second kappa shape index (κ2) is 5.66. The fraction of sp³-hybridized carbons (Fsp3) is 0.312. The van der Waals surface area contributed by atoms with Gasteiger partial charge < -0.3 is 9.80 Å². The van der Waals surface area contributed by atoms with E-state index in [0.717, 1.165) is 18.1 Å². The van der Waals surface area contributed by atoms with E-state index in [1.54, 1.807) is 16.2 Å². The second-order valence-electron chi connectivity index (χ2n) is 5.71. The first-order valence-electron chi connectivity index (χ1n) is 7.60. The minimum Gasteiger partial charge on any atom is -0.368 e. The molecule has 3 aromatic rings. The number of carbonyl (C=O) groups is 1. The zero-order chi connectivity index (χ0) is 15.8. The highest BCUT2D eigenvalue weighted by atomic mass is 32.1. The van der Waals surface area contributed by atoms with Crippen LogP contribution in [-0.2, 0) is 0 Å². The summed E-state index contributed by atoms with van der Waals surface area (Å²) in [7, 11) is 0. The van der Waals surface area contributed by atoms with Crippen LogP contribution < -0.4 is 4.90 Å². The van der Waals surface area contributed by atoms with E-state index in [1.807, 2.05) is 4.90 Å². The highest BCUT2D eigenvalue weighted by molar-refractivity contribution is 7.14. The van der Waals surface area contributed by atoms with Crippen molar-refractivity contribution in [2.45, 2.75) is 6.92 Å². The van der Waals surface area contributed by atoms with E-state index in [2.05, 4.69) is 46.2 Å². The fourth-order valence-electron chi connectivity index (χ4n) is 2.90. The van der Waals surface area contributed by atoms with Crippen molar-refractivity contribution in [3.8, 4) is 0 Å². The lowest BCUT2D eigenvalue weighted by Gasteiger charge is -2.36. The minimum absolute atomic E-state index is 0.00778. The Kier molecular flexibility index (Phi) is 3.49. The van der Waals surface area contributed by atoms with Gasteiger partial charge >= 0.3 is 0 Å². The molecule has 118 valence electrons. The third-order valence-electron chi connectivity index (χ3n) is 4.14. The van der Waals surface area contributed by atoms with Gasteiger partial charge in [-0.15, -0.1) is 0 Å². The number of amides is 1. The number of aromatic nitrogens is 3. The van der Waals surface area contributed by atoms with Gasteiger partial charge in [0.1, 0.15) is 11.2 Å². The van der Waals surface area contributed by atoms with E-state index in [9.17, 15) is 4.79 Å². The molecular formula is C16H17N5OS. The van der Waals surface area contributed by atoms with Crippen LogP contribution >= 0.6 is 11.3 Å². The van der Waals surface area contributed by atoms with Crippen molar-refractivity contribution in [2.24, 2.45) is 0 Å². The lowest BCUT2D eigenvalue weighted by Crippen LogP contribution is -2.48. The van der Waals surface area contributed by atoms with E-state index in [-0.39, 0.29) is 5.91 Å². The maximum absolute atomic E-state index is 12.6. The lowest BCUT2D eigenvalue weighted by molar-refractivity contribution is 0.0741. The maximum Gasteiger partial charge on any atom is 0.274 e. The van der Waals surface area contributed by atoms with Crippen molar-refractivity contribution >= 4 is 27.9 Å². The molecule has 7 heteroatoms. The molecule has 0 saturated carbocycles. The number of hydrogen-bond donors (Lipinski definition) is 0. The molecule has 2 aromatic heterocycles. The molecule has 0 atom stereocenters. The monoisotopic (exact) mass is 327 g/mol. The van der Waals surface area contributed by atoms with Crippen LogP contribution in [0.5, 0.6) is 0 Å². The van der Waals surface area contributed by atoms with Crippen LogP contribution in [0.15, 0.2) is 36.0 Å². The van der Waals surface area contributed by atoms with Gasteiger partial charge in [-0.1, -0.05) is 23.5 Å². The summed E-state index contributed by atoms with van der Waals surface area (Å²) < 4.78 is 1.65. The predicted octanol–water partition coefficient (Wildman–Crippen LogP) is 2.06. The summed E-state index contributed by atoms with van der Waals surface area (Å²) in [5, 5.41) is 4.12. The fourth-order valence-corrected chi connectivity index (χ4v) is 3.50. The van der Waals surface area contributed by atoms with Gasteiger partial charge in [0.05, 0.1) is 6.20 Å². The average Bonchev–Trinajstić information content (AvgIpc) is 3.16. The smallest absolute Gasteiger partial charge is 0.274 e. The summed E-state index contributed by atoms with van der Waals surface area (Å²) in [5.41, 5.74) is 4.68. The third kappa shape index (κ3) is 2.68. The van der Waals surface area contributed by atoms with Gasteiger partial charge in [0.2, 0.25) is 4.96 Å². The molecule has 0 aliphatic carbocycles. The van der Waals surface area contributed by atoms with Gasteiger partial charge in [-0.3, -0.25) is 4.79 Å². The van der Waals surface area contributed by atoms with E-state index in [1.165, 1.54) is 22.6 Å². The molecule has 4 rings (SSSR count). The topological polar surface area (TPSA) is 53.7 Å². The summed E-state index contributed by atoms with van der Waals surface area (Å²) in [5.74, 6) is -0.00778. The van der Waals surface area contributed by atoms with Crippen LogP contribution in [0.4, 0.5) is 5.69 Å². The standard InChI is InChI=1S/C16H17N5OS/c1-12-3-2-4-13(9-12)19-5-7-20(8-6-19)15(22)14-10-21-16(18-14)23-11-17-21/h2-4,9-11H,5-8H2,1H3. The number of anilines is 1. The van der Waals surface area contributed by atoms with Crippen molar-refractivity contribution in [2.75, 3.05) is 31.1 Å². The molecule has 1 aliphatic heterocycles. The minimum atomic E-state index is -0.00778. The molecular weight excluding hydrogens is 310 g/mol. The number of piperazine rings is 1. The first-order valence-corrected chi connectivity index (χ1v) is 8.48. The first kappa shape index (κ1) is 14.2. The number of benzene rings is 1. The summed E-state index contributed by atoms with van der Waals surface area (Å²) in [6.45, 7) is 5.21. The van der Waals surface area contributed by atoms with Crippen molar-refractivity contribution in [1.82, 2.24) is 19.5 Å². The van der Waals surface area contributed by atoms with E-state index in [4.69, 9.17) is 0 Å². The average molecular weight is 327 g/mol. The molecule has 0 unspecified atom stereocenters. The number of imidazole rings is 1. The van der Waals surface area contributed by atoms with E-state index >= 15 is 0 Å². The zero-order valence-corrected chi connectivity index (χ0v) is 13.7. The summed E-state index contributed by atoms with van der Waals surface area (Å²) in [6, 6.07) is 8.49. The van der Waals surface area contributed by atoms with Gasteiger partial charge in [0.15, 0.2) is 0 Å². The number of fused-ring (bicyclic) bond motifs is 1. The van der Waals surface area contributed by atoms with Crippen molar-refractivity contribution in [3.63, 3.8) is 0 Å². The Labute approximate surface area is 138 Å². The largest absolute Gasteiger partial charge is 0.368 e. The molecule has 23 heavy (non-hydrogen) atoms. The Morgan fingerprint density at radius 2 is 2.04 bits per heavy atom. The molecule has 1 saturated heterocycles. The first-order chi connectivity index (χ1) is 11.2. The second-order valence-corrected chi connectivity index (χ2v) is 6.52. The molecule has 1 amide bonds. The van der Waals surface area contributed by atoms with Crippen LogP contribution in [0.25, 0.3) is 4.96 Å². The number of hydrogen-bond acceptors (Lipinski definition) is 5. The predicted molar refractivity (Wildman–Crippen MR) is 90.2 cm³/mol. The molecule has 0 radical (unpaired) electrons. The summed E-state index contributed by atoms with van der Waals surface area (Å²) in [4.78, 5) is 21.9. The number of aryl methyl sites for hydroxylation is 1. The Morgan fingerprint density at radius 1 is 1.22 bits per heavy atom. The van der Waals surface area contributed by atoms with Gasteiger partial charge in [0, 0.05) is 31.9 Å². The Hall–Kier alpha value is -2.41. The van der Waals surface area contributed by atoms with Crippen LogP contribution in [-0.4, -0.2) is 51.6 Å². The normalized spacial score (nSPS) is 15.3. The van der Waals surface area contributed by atoms with Gasteiger partial charge in [0.25, 0.3) is 5.91 Å². The van der Waals surface area contributed by atoms with Gasteiger partial charge in [-0.2, -0.15) is 5.10 Å².